The van der Waals surface area contributed by atoms with Gasteiger partial charge in [-0.25, -0.2) is 14.4 Å². The number of ether oxygens (including phenoxy) is 6. The lowest BCUT2D eigenvalue weighted by atomic mass is 9.97. The van der Waals surface area contributed by atoms with Gasteiger partial charge in [0.05, 0.1) is 36.5 Å². The van der Waals surface area contributed by atoms with E-state index in [0.29, 0.717) is 55.8 Å². The van der Waals surface area contributed by atoms with Gasteiger partial charge in [0, 0.05) is 19.3 Å². The van der Waals surface area contributed by atoms with Crippen molar-refractivity contribution in [2.75, 3.05) is 33.0 Å². The average Bonchev–Trinajstić information content (AvgIpc) is 0.800. The Labute approximate surface area is 548 Å². The molecule has 0 N–H and O–H groups in total. The highest BCUT2D eigenvalue weighted by molar-refractivity contribution is 6.18. The highest BCUT2D eigenvalue weighted by Crippen LogP contribution is 2.33. The minimum Gasteiger partial charge on any atom is -0.462 e. The van der Waals surface area contributed by atoms with Gasteiger partial charge in [-0.2, -0.15) is 0 Å². The van der Waals surface area contributed by atoms with Crippen molar-refractivity contribution in [1.29, 1.82) is 0 Å². The molecule has 0 atom stereocenters. The second-order valence-electron chi connectivity index (χ2n) is 24.7. The SMILES string of the molecule is O=C(CCCCCCCCCCOC(=O)c1c2ccccc2cc2ccccc12)OCC(COC(=O)CCCCCCCCCCOC(=O)c1c2ccccc2cc2ccccc12)OC(=O)CCCCCCCCCCOC(=O)c1c2ccccc2cc2ccccc12. The first-order valence-electron chi connectivity index (χ1n) is 34.5. The van der Waals surface area contributed by atoms with Crippen LogP contribution < -0.4 is 0 Å². The third kappa shape index (κ3) is 21.2. The van der Waals surface area contributed by atoms with Gasteiger partial charge in [0.25, 0.3) is 0 Å². The second kappa shape index (κ2) is 37.8. The van der Waals surface area contributed by atoms with E-state index in [0.717, 1.165) is 199 Å². The van der Waals surface area contributed by atoms with Crippen molar-refractivity contribution < 1.29 is 57.2 Å². The number of hydrogen-bond acceptors (Lipinski definition) is 12. The molecule has 0 bridgehead atoms. The number of carbonyl (C=O) groups is 6. The van der Waals surface area contributed by atoms with Gasteiger partial charge in [-0.3, -0.25) is 14.4 Å². The lowest BCUT2D eigenvalue weighted by Gasteiger charge is -2.18. The van der Waals surface area contributed by atoms with Crippen molar-refractivity contribution in [2.45, 2.75) is 179 Å². The number of fused-ring (bicyclic) bond motifs is 6. The van der Waals surface area contributed by atoms with Crippen LogP contribution in [0, 0.1) is 0 Å². The smallest absolute Gasteiger partial charge is 0.339 e. The summed E-state index contributed by atoms with van der Waals surface area (Å²) in [6, 6.07) is 53.9. The summed E-state index contributed by atoms with van der Waals surface area (Å²) in [5.41, 5.74) is 1.86. The Morgan fingerprint density at radius 2 is 0.462 bits per heavy atom. The van der Waals surface area contributed by atoms with Crippen molar-refractivity contribution in [3.63, 3.8) is 0 Å². The fourth-order valence-electron chi connectivity index (χ4n) is 12.6. The third-order valence-electron chi connectivity index (χ3n) is 17.6. The molecule has 0 aromatic heterocycles. The van der Waals surface area contributed by atoms with Crippen LogP contribution in [0.2, 0.25) is 0 Å². The van der Waals surface area contributed by atoms with Crippen molar-refractivity contribution in [1.82, 2.24) is 0 Å². The van der Waals surface area contributed by atoms with Gasteiger partial charge in [-0.05, 0) is 121 Å². The molecule has 0 amide bonds. The molecular weight excluding hydrogens is 1160 g/mol. The molecule has 0 saturated heterocycles. The van der Waals surface area contributed by atoms with E-state index in [1.54, 1.807) is 0 Å². The van der Waals surface area contributed by atoms with Gasteiger partial charge in [0.1, 0.15) is 13.2 Å². The minimum atomic E-state index is -0.903. The fraction of sp³-hybridized carbons (Fsp3) is 0.407. The lowest BCUT2D eigenvalue weighted by Crippen LogP contribution is -2.30. The molecule has 0 fully saturated rings. The Morgan fingerprint density at radius 3 is 0.720 bits per heavy atom. The number of esters is 6. The van der Waals surface area contributed by atoms with Crippen LogP contribution in [-0.2, 0) is 42.8 Å². The molecule has 0 spiro atoms. The molecule has 93 heavy (non-hydrogen) atoms. The van der Waals surface area contributed by atoms with Gasteiger partial charge in [-0.1, -0.05) is 261 Å². The zero-order valence-corrected chi connectivity index (χ0v) is 54.2. The van der Waals surface area contributed by atoms with Crippen LogP contribution >= 0.6 is 0 Å². The van der Waals surface area contributed by atoms with Gasteiger partial charge >= 0.3 is 35.8 Å². The van der Waals surface area contributed by atoms with Crippen LogP contribution in [0.1, 0.15) is 204 Å². The van der Waals surface area contributed by atoms with Crippen LogP contribution in [-0.4, -0.2) is 75.0 Å². The maximum atomic E-state index is 13.3. The molecule has 0 unspecified atom stereocenters. The zero-order valence-electron chi connectivity index (χ0n) is 54.2. The molecule has 0 heterocycles. The second-order valence-corrected chi connectivity index (χ2v) is 24.7. The van der Waals surface area contributed by atoms with E-state index in [1.165, 1.54) is 0 Å². The number of hydrogen-bond donors (Lipinski definition) is 0. The number of carbonyl (C=O) groups excluding carboxylic acids is 6. The van der Waals surface area contributed by atoms with E-state index in [-0.39, 0.29) is 62.3 Å². The van der Waals surface area contributed by atoms with Crippen molar-refractivity contribution in [2.24, 2.45) is 0 Å². The molecule has 0 aliphatic heterocycles. The van der Waals surface area contributed by atoms with Crippen molar-refractivity contribution in [3.8, 4) is 0 Å². The normalized spacial score (nSPS) is 11.5. The van der Waals surface area contributed by atoms with Crippen LogP contribution in [0.15, 0.2) is 164 Å². The molecule has 0 radical (unpaired) electrons. The van der Waals surface area contributed by atoms with E-state index < -0.39 is 12.1 Å². The Kier molecular flexibility index (Phi) is 27.9. The summed E-state index contributed by atoms with van der Waals surface area (Å²) < 4.78 is 34.4. The highest BCUT2D eigenvalue weighted by Gasteiger charge is 2.22. The average molecular weight is 1260 g/mol. The molecule has 9 aromatic rings. The Balaban J connectivity index is 0.617. The maximum Gasteiger partial charge on any atom is 0.339 e. The lowest BCUT2D eigenvalue weighted by molar-refractivity contribution is -0.167. The summed E-state index contributed by atoms with van der Waals surface area (Å²) in [5, 5.41) is 11.5. The molecule has 0 saturated carbocycles. The van der Waals surface area contributed by atoms with Gasteiger partial charge in [0.15, 0.2) is 6.10 Å². The first-order chi connectivity index (χ1) is 45.7. The molecule has 12 heteroatoms. The summed E-state index contributed by atoms with van der Waals surface area (Å²) in [4.78, 5) is 79.0. The van der Waals surface area contributed by atoms with E-state index >= 15 is 0 Å². The predicted molar refractivity (Wildman–Crippen MR) is 372 cm³/mol. The molecular formula is C81H92O12. The fourth-order valence-corrected chi connectivity index (χ4v) is 12.6. The van der Waals surface area contributed by atoms with Crippen LogP contribution in [0.3, 0.4) is 0 Å². The quantitative estimate of drug-likeness (QED) is 0.0155. The summed E-state index contributed by atoms with van der Waals surface area (Å²) in [6.45, 7) is 0.750. The van der Waals surface area contributed by atoms with Gasteiger partial charge in [0.2, 0.25) is 0 Å². The van der Waals surface area contributed by atoms with E-state index in [9.17, 15) is 28.8 Å². The largest absolute Gasteiger partial charge is 0.462 e. The van der Waals surface area contributed by atoms with Crippen LogP contribution in [0.4, 0.5) is 0 Å². The highest BCUT2D eigenvalue weighted by atomic mass is 16.6. The van der Waals surface area contributed by atoms with E-state index in [1.807, 2.05) is 146 Å². The topological polar surface area (TPSA) is 158 Å². The first kappa shape index (κ1) is 68.7. The molecule has 0 aliphatic carbocycles. The monoisotopic (exact) mass is 1260 g/mol. The summed E-state index contributed by atoms with van der Waals surface area (Å²) in [5.74, 6) is -2.03. The summed E-state index contributed by atoms with van der Waals surface area (Å²) in [6.07, 6.45) is 22.1. The number of unbranched alkanes of at least 4 members (excludes halogenated alkanes) is 21. The summed E-state index contributed by atoms with van der Waals surface area (Å²) in [7, 11) is 0. The molecule has 9 rings (SSSR count). The van der Waals surface area contributed by atoms with Crippen LogP contribution in [0.5, 0.6) is 0 Å². The number of benzene rings is 9. The number of rotatable bonds is 41. The Morgan fingerprint density at radius 1 is 0.247 bits per heavy atom. The zero-order chi connectivity index (χ0) is 64.7. The minimum absolute atomic E-state index is 0.186. The molecule has 12 nitrogen and oxygen atoms in total. The Bertz CT molecular complexity index is 3570. The maximum absolute atomic E-state index is 13.3. The molecule has 9 aromatic carbocycles. The molecule has 0 aliphatic rings. The standard InChI is InChI=1S/C81H92O12/c82-73(49-19-13-7-1-4-10-16-34-52-88-79(85)76-67-43-28-22-37-60(67)55-61-38-23-29-44-68(61)76)91-58-66(93-75(84)51-21-15-9-3-6-12-18-36-54-90-81(87)78-71-47-32-26-41-64(71)57-65-42-27-33-48-72(65)78)59-92-74(83)50-20-14-8-2-5-11-17-35-53-89-80(86)77-69-45-30-24-39-62(69)56-63-40-25-31-46-70(63)77/h22-33,37-48,55-57,66H,1-21,34-36,49-54,58-59H2. The molecule has 488 valence electrons. The third-order valence-corrected chi connectivity index (χ3v) is 17.6. The van der Waals surface area contributed by atoms with Crippen molar-refractivity contribution >= 4 is 100 Å². The van der Waals surface area contributed by atoms with Gasteiger partial charge < -0.3 is 28.4 Å². The van der Waals surface area contributed by atoms with E-state index in [4.69, 9.17) is 28.4 Å². The van der Waals surface area contributed by atoms with Crippen LogP contribution in [0.25, 0.3) is 64.6 Å². The van der Waals surface area contributed by atoms with Crippen molar-refractivity contribution in [3.05, 3.63) is 180 Å². The van der Waals surface area contributed by atoms with E-state index in [2.05, 4.69) is 18.2 Å². The Hall–Kier alpha value is -8.64. The summed E-state index contributed by atoms with van der Waals surface area (Å²) >= 11 is 0. The van der Waals surface area contributed by atoms with Gasteiger partial charge in [-0.15, -0.1) is 0 Å². The predicted octanol–water partition coefficient (Wildman–Crippen LogP) is 20.0. The first-order valence-corrected chi connectivity index (χ1v) is 34.5.